The number of carboxylic acid groups (broad SMARTS) is 1. The lowest BCUT2D eigenvalue weighted by Gasteiger charge is -2.35. The first-order chi connectivity index (χ1) is 8.93. The first-order valence-corrected chi connectivity index (χ1v) is 7.76. The van der Waals surface area contributed by atoms with E-state index in [9.17, 15) is 9.59 Å². The third-order valence-electron chi connectivity index (χ3n) is 2.91. The molecule has 3 atom stereocenters. The molecule has 1 rings (SSSR count). The highest BCUT2D eigenvalue weighted by molar-refractivity contribution is 7.98. The van der Waals surface area contributed by atoms with Crippen molar-refractivity contribution in [3.63, 3.8) is 0 Å². The molecule has 1 heterocycles. The molecule has 1 aliphatic heterocycles. The van der Waals surface area contributed by atoms with Crippen molar-refractivity contribution < 1.29 is 19.4 Å². The predicted molar refractivity (Wildman–Crippen MR) is 74.5 cm³/mol. The molecule has 0 aromatic heterocycles. The largest absolute Gasteiger partial charge is 0.480 e. The van der Waals surface area contributed by atoms with E-state index in [-0.39, 0.29) is 18.2 Å². The van der Waals surface area contributed by atoms with Gasteiger partial charge in [-0.2, -0.15) is 11.8 Å². The van der Waals surface area contributed by atoms with Gasteiger partial charge in [-0.1, -0.05) is 0 Å². The summed E-state index contributed by atoms with van der Waals surface area (Å²) in [5.74, 6) is -0.288. The van der Waals surface area contributed by atoms with Crippen LogP contribution in [0.25, 0.3) is 0 Å². The minimum Gasteiger partial charge on any atom is -0.480 e. The molecule has 0 bridgehead atoms. The summed E-state index contributed by atoms with van der Waals surface area (Å²) in [6, 6.07) is -1.15. The second-order valence-corrected chi connectivity index (χ2v) is 5.77. The van der Waals surface area contributed by atoms with Gasteiger partial charge in [0.1, 0.15) is 6.04 Å². The van der Waals surface area contributed by atoms with Crippen LogP contribution in [0.3, 0.4) is 0 Å². The van der Waals surface area contributed by atoms with Crippen molar-refractivity contribution in [2.75, 3.05) is 25.1 Å². The van der Waals surface area contributed by atoms with Gasteiger partial charge in [0.2, 0.25) is 0 Å². The molecule has 0 spiro atoms. The average molecular weight is 290 g/mol. The fraction of sp³-hybridized carbons (Fsp3) is 0.833. The Morgan fingerprint density at radius 1 is 1.42 bits per heavy atom. The van der Waals surface area contributed by atoms with Crippen LogP contribution in [0.2, 0.25) is 0 Å². The Morgan fingerprint density at radius 3 is 2.47 bits per heavy atom. The number of carboxylic acids is 1. The van der Waals surface area contributed by atoms with E-state index in [4.69, 9.17) is 9.84 Å². The lowest BCUT2D eigenvalue weighted by atomic mass is 10.2. The first-order valence-electron chi connectivity index (χ1n) is 6.36. The normalized spacial score (nSPS) is 24.9. The van der Waals surface area contributed by atoms with E-state index in [2.05, 4.69) is 5.32 Å². The number of rotatable bonds is 5. The molecule has 19 heavy (non-hydrogen) atoms. The van der Waals surface area contributed by atoms with Crippen LogP contribution in [0.15, 0.2) is 0 Å². The molecular formula is C12H22N2O4S. The summed E-state index contributed by atoms with van der Waals surface area (Å²) in [6.07, 6.45) is 2.29. The maximum Gasteiger partial charge on any atom is 0.326 e. The van der Waals surface area contributed by atoms with Gasteiger partial charge >= 0.3 is 12.0 Å². The summed E-state index contributed by atoms with van der Waals surface area (Å²) >= 11 is 1.56. The fourth-order valence-corrected chi connectivity index (χ4v) is 2.55. The standard InChI is InChI=1S/C12H22N2O4S/c1-8-6-14(7-9(2)18-8)12(17)13-10(11(15)16)4-5-19-3/h8-10H,4-7H2,1-3H3,(H,13,17)(H,15,16). The number of carbonyl (C=O) groups is 2. The molecular weight excluding hydrogens is 268 g/mol. The molecule has 110 valence electrons. The maximum absolute atomic E-state index is 12.1. The molecule has 3 unspecified atom stereocenters. The van der Waals surface area contributed by atoms with Gasteiger partial charge in [0.25, 0.3) is 0 Å². The highest BCUT2D eigenvalue weighted by Crippen LogP contribution is 2.11. The minimum atomic E-state index is -0.989. The number of morpholine rings is 1. The van der Waals surface area contributed by atoms with Gasteiger partial charge in [-0.3, -0.25) is 0 Å². The number of hydrogen-bond acceptors (Lipinski definition) is 4. The zero-order chi connectivity index (χ0) is 14.4. The number of hydrogen-bond donors (Lipinski definition) is 2. The van der Waals surface area contributed by atoms with Gasteiger partial charge in [0, 0.05) is 13.1 Å². The van der Waals surface area contributed by atoms with E-state index in [1.54, 1.807) is 16.7 Å². The molecule has 2 amide bonds. The Balaban J connectivity index is 2.53. The molecule has 6 nitrogen and oxygen atoms in total. The lowest BCUT2D eigenvalue weighted by Crippen LogP contribution is -2.54. The SMILES string of the molecule is CSCCC(NC(=O)N1CC(C)OC(C)C1)C(=O)O. The second-order valence-electron chi connectivity index (χ2n) is 4.78. The number of amides is 2. The predicted octanol–water partition coefficient (Wildman–Crippen LogP) is 1.01. The van der Waals surface area contributed by atoms with Gasteiger partial charge in [-0.15, -0.1) is 0 Å². The zero-order valence-electron chi connectivity index (χ0n) is 11.6. The number of nitrogens with zero attached hydrogens (tertiary/aromatic N) is 1. The van der Waals surface area contributed by atoms with E-state index < -0.39 is 12.0 Å². The summed E-state index contributed by atoms with van der Waals surface area (Å²) in [7, 11) is 0. The van der Waals surface area contributed by atoms with Crippen molar-refractivity contribution in [2.45, 2.75) is 38.5 Å². The molecule has 1 aliphatic rings. The molecule has 0 aromatic rings. The fourth-order valence-electron chi connectivity index (χ4n) is 2.08. The minimum absolute atomic E-state index is 0.0241. The van der Waals surface area contributed by atoms with Crippen molar-refractivity contribution >= 4 is 23.8 Å². The van der Waals surface area contributed by atoms with Gasteiger partial charge in [-0.25, -0.2) is 9.59 Å². The Morgan fingerprint density at radius 2 is 2.00 bits per heavy atom. The summed E-state index contributed by atoms with van der Waals surface area (Å²) in [5, 5.41) is 11.7. The zero-order valence-corrected chi connectivity index (χ0v) is 12.4. The van der Waals surface area contributed by atoms with Gasteiger partial charge in [0.05, 0.1) is 12.2 Å². The number of carbonyl (C=O) groups excluding carboxylic acids is 1. The number of thioether (sulfide) groups is 1. The smallest absolute Gasteiger partial charge is 0.326 e. The monoisotopic (exact) mass is 290 g/mol. The maximum atomic E-state index is 12.1. The van der Waals surface area contributed by atoms with Gasteiger partial charge < -0.3 is 20.1 Å². The van der Waals surface area contributed by atoms with Crippen LogP contribution in [0.4, 0.5) is 4.79 Å². The molecule has 0 radical (unpaired) electrons. The molecule has 7 heteroatoms. The summed E-state index contributed by atoms with van der Waals surface area (Å²) in [4.78, 5) is 24.8. The van der Waals surface area contributed by atoms with Crippen LogP contribution in [0.5, 0.6) is 0 Å². The summed E-state index contributed by atoms with van der Waals surface area (Å²) < 4.78 is 5.54. The molecule has 0 aliphatic carbocycles. The molecule has 0 aromatic carbocycles. The second kappa shape index (κ2) is 7.59. The Hall–Kier alpha value is -0.950. The van der Waals surface area contributed by atoms with Crippen LogP contribution in [-0.2, 0) is 9.53 Å². The Bertz CT molecular complexity index is 317. The van der Waals surface area contributed by atoms with Crippen LogP contribution in [-0.4, -0.2) is 65.4 Å². The van der Waals surface area contributed by atoms with Crippen molar-refractivity contribution in [3.05, 3.63) is 0 Å². The van der Waals surface area contributed by atoms with E-state index in [1.807, 2.05) is 20.1 Å². The molecule has 0 saturated carbocycles. The highest BCUT2D eigenvalue weighted by atomic mass is 32.2. The van der Waals surface area contributed by atoms with Crippen LogP contribution < -0.4 is 5.32 Å². The van der Waals surface area contributed by atoms with Crippen LogP contribution in [0, 0.1) is 0 Å². The number of nitrogens with one attached hydrogen (secondary N) is 1. The first kappa shape index (κ1) is 16.1. The molecule has 2 N–H and O–H groups in total. The van der Waals surface area contributed by atoms with Gasteiger partial charge in [-0.05, 0) is 32.3 Å². The van der Waals surface area contributed by atoms with E-state index in [0.717, 1.165) is 0 Å². The highest BCUT2D eigenvalue weighted by Gasteiger charge is 2.28. The summed E-state index contributed by atoms with van der Waals surface area (Å²) in [6.45, 7) is 4.78. The topological polar surface area (TPSA) is 78.9 Å². The van der Waals surface area contributed by atoms with Crippen LogP contribution >= 0.6 is 11.8 Å². The Kier molecular flexibility index (Phi) is 6.44. The van der Waals surface area contributed by atoms with Crippen molar-refractivity contribution in [2.24, 2.45) is 0 Å². The Labute approximate surface area is 117 Å². The van der Waals surface area contributed by atoms with E-state index in [1.165, 1.54) is 0 Å². The number of urea groups is 1. The third kappa shape index (κ3) is 5.28. The summed E-state index contributed by atoms with van der Waals surface area (Å²) in [5.41, 5.74) is 0. The number of aliphatic carboxylic acids is 1. The van der Waals surface area contributed by atoms with Crippen molar-refractivity contribution in [1.82, 2.24) is 10.2 Å². The van der Waals surface area contributed by atoms with Crippen molar-refractivity contribution in [1.29, 1.82) is 0 Å². The van der Waals surface area contributed by atoms with Gasteiger partial charge in [0.15, 0.2) is 0 Å². The van der Waals surface area contributed by atoms with E-state index in [0.29, 0.717) is 25.3 Å². The number of ether oxygens (including phenoxy) is 1. The van der Waals surface area contributed by atoms with Crippen LogP contribution in [0.1, 0.15) is 20.3 Å². The average Bonchev–Trinajstić information content (AvgIpc) is 2.32. The lowest BCUT2D eigenvalue weighted by molar-refractivity contribution is -0.139. The van der Waals surface area contributed by atoms with E-state index >= 15 is 0 Å². The third-order valence-corrected chi connectivity index (χ3v) is 3.56. The molecule has 1 saturated heterocycles. The quantitative estimate of drug-likeness (QED) is 0.790. The van der Waals surface area contributed by atoms with Crippen molar-refractivity contribution in [3.8, 4) is 0 Å². The molecule has 1 fully saturated rings.